The van der Waals surface area contributed by atoms with Gasteiger partial charge in [-0.15, -0.1) is 0 Å². The van der Waals surface area contributed by atoms with Crippen LogP contribution in [0.5, 0.6) is 5.75 Å². The molecular weight excluding hydrogens is 687 g/mol. The lowest BCUT2D eigenvalue weighted by Crippen LogP contribution is -2.12. The number of rotatable bonds is 5. The van der Waals surface area contributed by atoms with Gasteiger partial charge in [0.05, 0.1) is 0 Å². The summed E-state index contributed by atoms with van der Waals surface area (Å²) in [5, 5.41) is 6.95. The van der Waals surface area contributed by atoms with Crippen LogP contribution in [0.4, 0.5) is 17.1 Å². The second-order valence-electron chi connectivity index (χ2n) is 14.8. The van der Waals surface area contributed by atoms with E-state index in [1.54, 1.807) is 0 Å². The largest absolute Gasteiger partial charge is 0.485 e. The van der Waals surface area contributed by atoms with E-state index in [1.807, 2.05) is 24.3 Å². The van der Waals surface area contributed by atoms with Gasteiger partial charge in [0.1, 0.15) is 34.2 Å². The van der Waals surface area contributed by atoms with Crippen LogP contribution in [0.15, 0.2) is 191 Å². The Balaban J connectivity index is 0.899. The van der Waals surface area contributed by atoms with Crippen molar-refractivity contribution in [1.29, 1.82) is 0 Å². The van der Waals surface area contributed by atoms with E-state index in [2.05, 4.69) is 163 Å². The number of anilines is 3. The predicted molar refractivity (Wildman–Crippen MR) is 230 cm³/mol. The van der Waals surface area contributed by atoms with Crippen molar-refractivity contribution in [2.75, 3.05) is 4.90 Å². The van der Waals surface area contributed by atoms with Crippen molar-refractivity contribution < 1.29 is 13.6 Å². The van der Waals surface area contributed by atoms with Crippen molar-refractivity contribution in [1.82, 2.24) is 0 Å². The Morgan fingerprint density at radius 3 is 1.93 bits per heavy atom. The summed E-state index contributed by atoms with van der Waals surface area (Å²) in [4.78, 5) is 2.33. The molecule has 0 spiro atoms. The summed E-state index contributed by atoms with van der Waals surface area (Å²) >= 11 is 0. The summed E-state index contributed by atoms with van der Waals surface area (Å²) in [7, 11) is 0. The zero-order valence-electron chi connectivity index (χ0n) is 30.3. The summed E-state index contributed by atoms with van der Waals surface area (Å²) in [6.07, 6.45) is 7.47. The van der Waals surface area contributed by atoms with E-state index in [0.717, 1.165) is 78.9 Å². The average molecular weight is 720 g/mol. The van der Waals surface area contributed by atoms with E-state index in [1.165, 1.54) is 38.4 Å². The van der Waals surface area contributed by atoms with Crippen molar-refractivity contribution in [3.05, 3.63) is 188 Å². The number of hydrogen-bond donors (Lipinski definition) is 0. The number of nitrogens with zero attached hydrogens (tertiary/aromatic N) is 1. The first-order valence-corrected chi connectivity index (χ1v) is 19.2. The van der Waals surface area contributed by atoms with E-state index in [4.69, 9.17) is 13.6 Å². The molecule has 0 bridgehead atoms. The summed E-state index contributed by atoms with van der Waals surface area (Å²) < 4.78 is 18.7. The van der Waals surface area contributed by atoms with Crippen LogP contribution >= 0.6 is 0 Å². The number of para-hydroxylation sites is 2. The lowest BCUT2D eigenvalue weighted by atomic mass is 9.96. The van der Waals surface area contributed by atoms with Gasteiger partial charge >= 0.3 is 0 Å². The summed E-state index contributed by atoms with van der Waals surface area (Å²) in [6.45, 7) is 0. The zero-order valence-corrected chi connectivity index (χ0v) is 30.3. The smallest absolute Gasteiger partial charge is 0.136 e. The van der Waals surface area contributed by atoms with E-state index >= 15 is 0 Å². The molecule has 4 heteroatoms. The Bertz CT molecular complexity index is 3250. The van der Waals surface area contributed by atoms with Crippen molar-refractivity contribution in [3.8, 4) is 28.0 Å². The minimum atomic E-state index is 0.0770. The maximum Gasteiger partial charge on any atom is 0.136 e. The highest BCUT2D eigenvalue weighted by molar-refractivity contribution is 6.19. The molecule has 264 valence electrons. The molecule has 12 rings (SSSR count). The van der Waals surface area contributed by atoms with Gasteiger partial charge in [-0.05, 0) is 106 Å². The first-order chi connectivity index (χ1) is 27.7. The highest BCUT2D eigenvalue weighted by atomic mass is 16.5. The van der Waals surface area contributed by atoms with Crippen LogP contribution in [0.1, 0.15) is 12.0 Å². The molecule has 1 atom stereocenters. The number of allylic oxidation sites excluding steroid dienone is 2. The molecule has 1 aliphatic carbocycles. The Labute approximate surface area is 322 Å². The molecule has 56 heavy (non-hydrogen) atoms. The molecule has 1 unspecified atom stereocenters. The molecule has 8 aromatic carbocycles. The van der Waals surface area contributed by atoms with E-state index in [9.17, 15) is 0 Å². The fourth-order valence-corrected chi connectivity index (χ4v) is 8.81. The van der Waals surface area contributed by atoms with Crippen LogP contribution < -0.4 is 9.64 Å². The van der Waals surface area contributed by atoms with Crippen molar-refractivity contribution in [2.24, 2.45) is 0 Å². The van der Waals surface area contributed by atoms with Gasteiger partial charge in [-0.25, -0.2) is 0 Å². The van der Waals surface area contributed by atoms with Crippen LogP contribution in [0.25, 0.3) is 82.5 Å². The van der Waals surface area contributed by atoms with Crippen LogP contribution in [0, 0.1) is 0 Å². The molecule has 10 aromatic rings. The topological polar surface area (TPSA) is 38.8 Å². The van der Waals surface area contributed by atoms with Gasteiger partial charge < -0.3 is 18.5 Å². The Kier molecular flexibility index (Phi) is 6.72. The molecule has 0 fully saturated rings. The van der Waals surface area contributed by atoms with Crippen molar-refractivity contribution >= 4 is 77.3 Å². The average Bonchev–Trinajstić information content (AvgIpc) is 3.95. The van der Waals surface area contributed by atoms with Gasteiger partial charge in [0, 0.05) is 56.2 Å². The second kappa shape index (κ2) is 12.1. The number of hydrogen-bond acceptors (Lipinski definition) is 4. The predicted octanol–water partition coefficient (Wildman–Crippen LogP) is 14.5. The molecular formula is C52H33NO3. The number of fused-ring (bicyclic) bond motifs is 11. The maximum atomic E-state index is 6.35. The molecule has 2 aliphatic rings. The van der Waals surface area contributed by atoms with Gasteiger partial charge in [-0.2, -0.15) is 0 Å². The molecule has 0 saturated heterocycles. The van der Waals surface area contributed by atoms with Gasteiger partial charge in [0.2, 0.25) is 0 Å². The summed E-state index contributed by atoms with van der Waals surface area (Å²) in [5.74, 6) is 0.941. The standard InChI is InChI=1S/C52H33NO3/c1-4-10-46-41(7-1)44-30-38(23-27-49(44)54-46)53(39-24-28-50-45(31-39)42-8-2-5-11-47(42)55-50)37-21-17-33(18-22-37)32-13-15-34(16-14-32)35-19-25-40-36(29-35)20-26-51-52(40)43-9-3-6-12-48(43)56-51/h1-10,12-31,47H,11H2. The minimum absolute atomic E-state index is 0.0770. The number of benzene rings is 8. The fraction of sp³-hybridized carbons (Fsp3) is 0.0385. The zero-order chi connectivity index (χ0) is 36.7. The third-order valence-electron chi connectivity index (χ3n) is 11.6. The van der Waals surface area contributed by atoms with Crippen LogP contribution in [0.3, 0.4) is 0 Å². The van der Waals surface area contributed by atoms with E-state index < -0.39 is 0 Å². The molecule has 1 aliphatic heterocycles. The SMILES string of the molecule is C1=CCC2Oc3ccc(N(c4ccc(-c5ccc(-c6ccc7c(ccc8oc9ccccc9c87)c6)cc5)cc4)c4ccc5oc6ccccc6c5c4)cc3C2=C1. The highest BCUT2D eigenvalue weighted by Crippen LogP contribution is 2.46. The monoisotopic (exact) mass is 719 g/mol. The van der Waals surface area contributed by atoms with Crippen LogP contribution in [-0.2, 0) is 0 Å². The van der Waals surface area contributed by atoms with E-state index in [-0.39, 0.29) is 6.10 Å². The molecule has 4 nitrogen and oxygen atoms in total. The third kappa shape index (κ3) is 4.86. The first-order valence-electron chi connectivity index (χ1n) is 19.2. The third-order valence-corrected chi connectivity index (χ3v) is 11.6. The normalized spacial score (nSPS) is 14.7. The lowest BCUT2D eigenvalue weighted by Gasteiger charge is -2.26. The number of ether oxygens (including phenoxy) is 1. The summed E-state index contributed by atoms with van der Waals surface area (Å²) in [6, 6.07) is 58.3. The van der Waals surface area contributed by atoms with Gasteiger partial charge in [-0.3, -0.25) is 0 Å². The Hall–Kier alpha value is -7.30. The molecule has 0 radical (unpaired) electrons. The Morgan fingerprint density at radius 1 is 0.464 bits per heavy atom. The minimum Gasteiger partial charge on any atom is -0.485 e. The van der Waals surface area contributed by atoms with Gasteiger partial charge in [0.15, 0.2) is 0 Å². The quantitative estimate of drug-likeness (QED) is 0.178. The van der Waals surface area contributed by atoms with Gasteiger partial charge in [0.25, 0.3) is 0 Å². The molecule has 3 heterocycles. The fourth-order valence-electron chi connectivity index (χ4n) is 8.81. The highest BCUT2D eigenvalue weighted by Gasteiger charge is 2.30. The molecule has 0 amide bonds. The molecule has 2 aromatic heterocycles. The van der Waals surface area contributed by atoms with E-state index in [0.29, 0.717) is 0 Å². The van der Waals surface area contributed by atoms with Crippen LogP contribution in [-0.4, -0.2) is 6.10 Å². The van der Waals surface area contributed by atoms with Crippen molar-refractivity contribution in [3.63, 3.8) is 0 Å². The van der Waals surface area contributed by atoms with Crippen LogP contribution in [0.2, 0.25) is 0 Å². The summed E-state index contributed by atoms with van der Waals surface area (Å²) in [5.41, 5.74) is 13.9. The second-order valence-corrected chi connectivity index (χ2v) is 14.8. The maximum absolute atomic E-state index is 6.35. The first kappa shape index (κ1) is 31.1. The Morgan fingerprint density at radius 2 is 1.09 bits per heavy atom. The van der Waals surface area contributed by atoms with Gasteiger partial charge in [-0.1, -0.05) is 109 Å². The lowest BCUT2D eigenvalue weighted by molar-refractivity contribution is 0.279. The number of furan rings is 2. The molecule has 0 saturated carbocycles. The van der Waals surface area contributed by atoms with Crippen molar-refractivity contribution in [2.45, 2.75) is 12.5 Å². The molecule has 0 N–H and O–H groups in total.